The van der Waals surface area contributed by atoms with Crippen LogP contribution in [0.4, 0.5) is 5.82 Å². The van der Waals surface area contributed by atoms with Gasteiger partial charge in [0.25, 0.3) is 0 Å². The number of halogens is 2. The van der Waals surface area contributed by atoms with Gasteiger partial charge in [-0.2, -0.15) is 9.61 Å². The Balaban J connectivity index is 1.97. The molecule has 162 valence electrons. The fourth-order valence-electron chi connectivity index (χ4n) is 3.37. The number of benzene rings is 1. The normalized spacial score (nSPS) is 12.4. The highest BCUT2D eigenvalue weighted by atomic mass is 35.5. The van der Waals surface area contributed by atoms with Crippen molar-refractivity contribution in [2.45, 2.75) is 33.2 Å². The van der Waals surface area contributed by atoms with Gasteiger partial charge in [-0.1, -0.05) is 30.1 Å². The summed E-state index contributed by atoms with van der Waals surface area (Å²) < 4.78 is 7.03. The summed E-state index contributed by atoms with van der Waals surface area (Å²) in [6, 6.07) is 5.52. The third kappa shape index (κ3) is 4.64. The average Bonchev–Trinajstić information content (AvgIpc) is 3.03. The fraction of sp³-hybridized carbons (Fsp3) is 0.429. The van der Waals surface area contributed by atoms with Gasteiger partial charge in [0.2, 0.25) is 0 Å². The second-order valence-corrected chi connectivity index (χ2v) is 7.93. The predicted octanol–water partition coefficient (Wildman–Crippen LogP) is 4.10. The summed E-state index contributed by atoms with van der Waals surface area (Å²) in [6.45, 7) is 7.40. The largest absolute Gasteiger partial charge is 0.497 e. The fourth-order valence-corrected chi connectivity index (χ4v) is 4.03. The second-order valence-electron chi connectivity index (χ2n) is 7.11. The van der Waals surface area contributed by atoms with Crippen LogP contribution in [0.15, 0.2) is 18.2 Å². The summed E-state index contributed by atoms with van der Waals surface area (Å²) >= 11 is 13.1. The van der Waals surface area contributed by atoms with E-state index in [1.807, 2.05) is 26.8 Å². The van der Waals surface area contributed by atoms with Crippen LogP contribution < -0.4 is 15.4 Å². The molecule has 9 heteroatoms. The Morgan fingerprint density at radius 2 is 1.83 bits per heavy atom. The summed E-state index contributed by atoms with van der Waals surface area (Å²) in [4.78, 5) is 4.70. The van der Waals surface area contributed by atoms with Gasteiger partial charge in [0.05, 0.1) is 35.0 Å². The third-order valence-corrected chi connectivity index (χ3v) is 5.57. The first-order valence-corrected chi connectivity index (χ1v) is 10.6. The molecule has 0 amide bonds. The SMILES string of the molecule is CCC(CO)NCCNc1cc(C)nc2c(-c3c(Cl)cc(OC)cc3Cl)c(C)nn12. The molecule has 30 heavy (non-hydrogen) atoms. The molecule has 3 N–H and O–H groups in total. The van der Waals surface area contributed by atoms with Crippen molar-refractivity contribution in [3.63, 3.8) is 0 Å². The predicted molar refractivity (Wildman–Crippen MR) is 122 cm³/mol. The molecule has 0 aliphatic carbocycles. The molecule has 1 atom stereocenters. The lowest BCUT2D eigenvalue weighted by atomic mass is 10.1. The van der Waals surface area contributed by atoms with Crippen LogP contribution in [-0.2, 0) is 0 Å². The first-order chi connectivity index (χ1) is 14.4. The van der Waals surface area contributed by atoms with Crippen molar-refractivity contribution in [2.24, 2.45) is 0 Å². The molecule has 0 saturated heterocycles. The Bertz CT molecular complexity index is 1010. The third-order valence-electron chi connectivity index (χ3n) is 4.97. The highest BCUT2D eigenvalue weighted by Crippen LogP contribution is 2.41. The van der Waals surface area contributed by atoms with E-state index in [0.717, 1.165) is 29.2 Å². The Morgan fingerprint density at radius 3 is 2.43 bits per heavy atom. The highest BCUT2D eigenvalue weighted by molar-refractivity contribution is 6.39. The quantitative estimate of drug-likeness (QED) is 0.424. The van der Waals surface area contributed by atoms with Crippen molar-refractivity contribution in [2.75, 3.05) is 32.1 Å². The zero-order chi connectivity index (χ0) is 21.8. The van der Waals surface area contributed by atoms with Crippen LogP contribution in [0.3, 0.4) is 0 Å². The first kappa shape index (κ1) is 22.6. The average molecular weight is 452 g/mol. The molecule has 0 fully saturated rings. The van der Waals surface area contributed by atoms with Gasteiger partial charge in [0.15, 0.2) is 5.65 Å². The second kappa shape index (κ2) is 9.83. The Hall–Kier alpha value is -2.06. The standard InChI is InChI=1S/C21H27Cl2N5O2/c1-5-14(11-29)24-6-7-25-18-8-12(2)26-21-19(13(3)27-28(18)21)20-16(22)9-15(30-4)10-17(20)23/h8-10,14,24-25,29H,5-7,11H2,1-4H3. The van der Waals surface area contributed by atoms with E-state index in [1.165, 1.54) is 0 Å². The Kier molecular flexibility index (Phi) is 7.41. The molecule has 0 bridgehead atoms. The Labute approximate surface area is 186 Å². The van der Waals surface area contributed by atoms with E-state index in [2.05, 4.69) is 15.7 Å². The number of aryl methyl sites for hydroxylation is 2. The topological polar surface area (TPSA) is 83.7 Å². The number of nitrogens with one attached hydrogen (secondary N) is 2. The molecule has 0 spiro atoms. The van der Waals surface area contributed by atoms with Crippen LogP contribution >= 0.6 is 23.2 Å². The molecular weight excluding hydrogens is 425 g/mol. The molecule has 1 unspecified atom stereocenters. The maximum atomic E-state index is 9.30. The number of ether oxygens (including phenoxy) is 1. The molecule has 0 aliphatic heterocycles. The number of aliphatic hydroxyl groups is 1. The molecule has 3 rings (SSSR count). The minimum Gasteiger partial charge on any atom is -0.497 e. The summed E-state index contributed by atoms with van der Waals surface area (Å²) in [5.41, 5.74) is 3.78. The van der Waals surface area contributed by atoms with Crippen molar-refractivity contribution in [1.82, 2.24) is 19.9 Å². The van der Waals surface area contributed by atoms with Crippen molar-refractivity contribution >= 4 is 34.7 Å². The number of hydrogen-bond donors (Lipinski definition) is 3. The van der Waals surface area contributed by atoms with Crippen molar-refractivity contribution in [3.8, 4) is 16.9 Å². The van der Waals surface area contributed by atoms with E-state index in [4.69, 9.17) is 32.9 Å². The highest BCUT2D eigenvalue weighted by Gasteiger charge is 2.21. The lowest BCUT2D eigenvalue weighted by Crippen LogP contribution is -2.35. The molecule has 3 aromatic rings. The van der Waals surface area contributed by atoms with Gasteiger partial charge in [0, 0.05) is 36.5 Å². The van der Waals surface area contributed by atoms with Crippen LogP contribution in [0.25, 0.3) is 16.8 Å². The van der Waals surface area contributed by atoms with E-state index in [9.17, 15) is 5.11 Å². The monoisotopic (exact) mass is 451 g/mol. The zero-order valence-electron chi connectivity index (χ0n) is 17.6. The molecule has 2 aromatic heterocycles. The van der Waals surface area contributed by atoms with Crippen LogP contribution in [0, 0.1) is 13.8 Å². The van der Waals surface area contributed by atoms with Crippen LogP contribution in [0.2, 0.25) is 10.0 Å². The van der Waals surface area contributed by atoms with Crippen molar-refractivity contribution in [3.05, 3.63) is 39.6 Å². The minimum absolute atomic E-state index is 0.101. The lowest BCUT2D eigenvalue weighted by Gasteiger charge is -2.15. The summed E-state index contributed by atoms with van der Waals surface area (Å²) in [6.07, 6.45) is 0.875. The molecule has 7 nitrogen and oxygen atoms in total. The first-order valence-electron chi connectivity index (χ1n) is 9.88. The number of aromatic nitrogens is 3. The van der Waals surface area contributed by atoms with Gasteiger partial charge < -0.3 is 20.5 Å². The number of fused-ring (bicyclic) bond motifs is 1. The number of nitrogens with zero attached hydrogens (tertiary/aromatic N) is 3. The molecular formula is C21H27Cl2N5O2. The number of rotatable bonds is 9. The van der Waals surface area contributed by atoms with Crippen molar-refractivity contribution in [1.29, 1.82) is 0 Å². The van der Waals surface area contributed by atoms with Crippen LogP contribution in [0.5, 0.6) is 5.75 Å². The van der Waals surface area contributed by atoms with Crippen molar-refractivity contribution < 1.29 is 9.84 Å². The van der Waals surface area contributed by atoms with E-state index in [-0.39, 0.29) is 12.6 Å². The summed E-state index contributed by atoms with van der Waals surface area (Å²) in [7, 11) is 1.57. The zero-order valence-corrected chi connectivity index (χ0v) is 19.1. The van der Waals surface area contributed by atoms with Gasteiger partial charge >= 0.3 is 0 Å². The summed E-state index contributed by atoms with van der Waals surface area (Å²) in [5.74, 6) is 1.42. The van der Waals surface area contributed by atoms with Crippen LogP contribution in [-0.4, -0.2) is 52.6 Å². The number of hydrogen-bond acceptors (Lipinski definition) is 6. The van der Waals surface area contributed by atoms with Gasteiger partial charge in [0.1, 0.15) is 11.6 Å². The molecule has 0 saturated carbocycles. The number of methoxy groups -OCH3 is 1. The van der Waals surface area contributed by atoms with Gasteiger partial charge in [-0.25, -0.2) is 4.98 Å². The Morgan fingerprint density at radius 1 is 1.13 bits per heavy atom. The van der Waals surface area contributed by atoms with E-state index in [0.29, 0.717) is 40.1 Å². The lowest BCUT2D eigenvalue weighted by molar-refractivity contribution is 0.240. The molecule has 1 aromatic carbocycles. The maximum absolute atomic E-state index is 9.30. The van der Waals surface area contributed by atoms with E-state index < -0.39 is 0 Å². The number of anilines is 1. The number of aliphatic hydroxyl groups excluding tert-OH is 1. The minimum atomic E-state index is 0.101. The van der Waals surface area contributed by atoms with Gasteiger partial charge in [-0.15, -0.1) is 0 Å². The van der Waals surface area contributed by atoms with Crippen LogP contribution in [0.1, 0.15) is 24.7 Å². The summed E-state index contributed by atoms with van der Waals surface area (Å²) in [5, 5.41) is 21.7. The van der Waals surface area contributed by atoms with E-state index in [1.54, 1.807) is 23.8 Å². The van der Waals surface area contributed by atoms with E-state index >= 15 is 0 Å². The molecule has 0 radical (unpaired) electrons. The van der Waals surface area contributed by atoms with Gasteiger partial charge in [-0.05, 0) is 32.4 Å². The van der Waals surface area contributed by atoms with Gasteiger partial charge in [-0.3, -0.25) is 0 Å². The smallest absolute Gasteiger partial charge is 0.165 e. The molecule has 2 heterocycles. The maximum Gasteiger partial charge on any atom is 0.165 e. The molecule has 0 aliphatic rings.